The van der Waals surface area contributed by atoms with Crippen LogP contribution < -0.4 is 15.4 Å². The van der Waals surface area contributed by atoms with Crippen molar-refractivity contribution in [1.29, 1.82) is 0 Å². The Labute approximate surface area is 254 Å². The summed E-state index contributed by atoms with van der Waals surface area (Å²) in [6, 6.07) is 14.2. The van der Waals surface area contributed by atoms with Crippen molar-refractivity contribution in [1.82, 2.24) is 15.3 Å². The molecule has 2 heterocycles. The number of benzene rings is 3. The van der Waals surface area contributed by atoms with Crippen molar-refractivity contribution in [3.8, 4) is 5.75 Å². The molecule has 0 fully saturated rings. The number of rotatable bonds is 11. The van der Waals surface area contributed by atoms with Crippen LogP contribution in [0.5, 0.6) is 5.75 Å². The number of hydrogen-bond acceptors (Lipinski definition) is 8. The SMILES string of the molecule is CC(C)C(CNCC1(c2cc3c(Nc4ccc(OCc5cccc(F)c5)c(Cl)c4)ncnc3cc2F)CC=CO1)=S(=O)=O. The zero-order chi connectivity index (χ0) is 30.6. The number of ether oxygens (including phenoxy) is 2. The molecule has 0 spiro atoms. The zero-order valence-electron chi connectivity index (χ0n) is 23.4. The minimum atomic E-state index is -2.34. The molecule has 43 heavy (non-hydrogen) atoms. The highest BCUT2D eigenvalue weighted by Gasteiger charge is 2.38. The first-order valence-electron chi connectivity index (χ1n) is 13.5. The van der Waals surface area contributed by atoms with Crippen molar-refractivity contribution in [2.45, 2.75) is 32.5 Å². The van der Waals surface area contributed by atoms with Crippen LogP contribution in [0.25, 0.3) is 10.9 Å². The molecule has 224 valence electrons. The topological polar surface area (TPSA) is 102 Å². The third-order valence-electron chi connectivity index (χ3n) is 7.10. The number of hydrogen-bond donors (Lipinski definition) is 2. The third kappa shape index (κ3) is 6.96. The van der Waals surface area contributed by atoms with Crippen molar-refractivity contribution in [2.75, 3.05) is 18.4 Å². The van der Waals surface area contributed by atoms with Crippen LogP contribution in [0.4, 0.5) is 20.3 Å². The Hall–Kier alpha value is -4.06. The monoisotopic (exact) mass is 626 g/mol. The highest BCUT2D eigenvalue weighted by Crippen LogP contribution is 2.39. The number of aromatic nitrogens is 2. The van der Waals surface area contributed by atoms with Crippen LogP contribution in [-0.4, -0.2) is 36.3 Å². The van der Waals surface area contributed by atoms with E-state index < -0.39 is 21.7 Å². The van der Waals surface area contributed by atoms with E-state index in [0.717, 1.165) is 0 Å². The molecule has 0 saturated carbocycles. The molecule has 0 radical (unpaired) electrons. The minimum Gasteiger partial charge on any atom is -0.489 e. The maximum atomic E-state index is 15.6. The van der Waals surface area contributed by atoms with E-state index in [-0.39, 0.29) is 37.0 Å². The summed E-state index contributed by atoms with van der Waals surface area (Å²) in [5, 5.41) is 7.24. The number of halogens is 3. The molecule has 0 aliphatic carbocycles. The molecular weight excluding hydrogens is 598 g/mol. The van der Waals surface area contributed by atoms with E-state index in [1.54, 1.807) is 56.3 Å². The predicted octanol–water partition coefficient (Wildman–Crippen LogP) is 6.31. The standard InChI is InChI=1S/C31H29ClF2N4O4S/c1-19(2)29(43(39)40)15-35-17-31(9-4-10-42-31)24-13-23-27(14-26(24)34)36-18-37-30(23)38-22-7-8-28(25(32)12-22)41-16-20-5-3-6-21(33)11-20/h3-8,10-14,18-19,35H,9,15-17H2,1-2H3,(H,36,37,38). The number of nitrogens with zero attached hydrogens (tertiary/aromatic N) is 2. The molecule has 1 atom stereocenters. The fourth-order valence-electron chi connectivity index (χ4n) is 4.84. The van der Waals surface area contributed by atoms with Gasteiger partial charge in [0, 0.05) is 42.2 Å². The van der Waals surface area contributed by atoms with Crippen molar-refractivity contribution in [3.05, 3.63) is 101 Å². The number of nitrogens with one attached hydrogen (secondary N) is 2. The van der Waals surface area contributed by atoms with Gasteiger partial charge in [0.25, 0.3) is 0 Å². The van der Waals surface area contributed by atoms with E-state index >= 15 is 4.39 Å². The van der Waals surface area contributed by atoms with Gasteiger partial charge in [-0.25, -0.2) is 18.7 Å². The van der Waals surface area contributed by atoms with E-state index in [0.29, 0.717) is 50.0 Å². The van der Waals surface area contributed by atoms with Gasteiger partial charge < -0.3 is 20.1 Å². The highest BCUT2D eigenvalue weighted by molar-refractivity contribution is 7.73. The number of fused-ring (bicyclic) bond motifs is 1. The normalized spacial score (nSPS) is 16.0. The first kappa shape index (κ1) is 30.4. The molecular formula is C31H29ClF2N4O4S. The molecule has 1 aliphatic heterocycles. The second-order valence-electron chi connectivity index (χ2n) is 10.4. The Morgan fingerprint density at radius 1 is 1.14 bits per heavy atom. The molecule has 8 nitrogen and oxygen atoms in total. The Morgan fingerprint density at radius 2 is 1.98 bits per heavy atom. The van der Waals surface area contributed by atoms with Gasteiger partial charge in [0.15, 0.2) is 5.60 Å². The van der Waals surface area contributed by atoms with Crippen LogP contribution in [0.3, 0.4) is 0 Å². The lowest BCUT2D eigenvalue weighted by Crippen LogP contribution is -2.41. The summed E-state index contributed by atoms with van der Waals surface area (Å²) in [5.41, 5.74) is 0.838. The lowest BCUT2D eigenvalue weighted by molar-refractivity contribution is 0.0391. The quantitative estimate of drug-likeness (QED) is 0.187. The largest absolute Gasteiger partial charge is 0.489 e. The van der Waals surface area contributed by atoms with Crippen molar-refractivity contribution >= 4 is 49.2 Å². The Kier molecular flexibility index (Phi) is 9.24. The molecule has 0 amide bonds. The molecule has 12 heteroatoms. The van der Waals surface area contributed by atoms with Crippen LogP contribution in [0, 0.1) is 17.6 Å². The number of anilines is 2. The molecule has 1 aliphatic rings. The van der Waals surface area contributed by atoms with Crippen LogP contribution in [0.15, 0.2) is 73.3 Å². The molecule has 0 bridgehead atoms. The summed E-state index contributed by atoms with van der Waals surface area (Å²) in [4.78, 5) is 8.95. The van der Waals surface area contributed by atoms with Gasteiger partial charge in [-0.15, -0.1) is 0 Å². The highest BCUT2D eigenvalue weighted by atomic mass is 35.5. The molecule has 5 rings (SSSR count). The molecule has 3 aromatic carbocycles. The Balaban J connectivity index is 1.39. The summed E-state index contributed by atoms with van der Waals surface area (Å²) in [6.07, 6.45) is 5.03. The fraction of sp³-hybridized carbons (Fsp3) is 0.258. The van der Waals surface area contributed by atoms with Crippen molar-refractivity contribution in [2.24, 2.45) is 5.92 Å². The fourth-order valence-corrected chi connectivity index (χ4v) is 5.68. The zero-order valence-corrected chi connectivity index (χ0v) is 25.0. The van der Waals surface area contributed by atoms with Gasteiger partial charge >= 0.3 is 0 Å². The minimum absolute atomic E-state index is 0.118. The second kappa shape index (κ2) is 13.1. The average Bonchev–Trinajstić information content (AvgIpc) is 3.44. The van der Waals surface area contributed by atoms with Gasteiger partial charge in [0.1, 0.15) is 36.1 Å². The van der Waals surface area contributed by atoms with E-state index in [2.05, 4.69) is 20.6 Å². The van der Waals surface area contributed by atoms with Crippen LogP contribution >= 0.6 is 11.6 Å². The van der Waals surface area contributed by atoms with Crippen LogP contribution in [0.2, 0.25) is 5.02 Å². The maximum absolute atomic E-state index is 15.6. The molecule has 1 unspecified atom stereocenters. The van der Waals surface area contributed by atoms with Gasteiger partial charge in [-0.1, -0.05) is 37.6 Å². The first-order valence-corrected chi connectivity index (χ1v) is 15.0. The summed E-state index contributed by atoms with van der Waals surface area (Å²) < 4.78 is 64.0. The predicted molar refractivity (Wildman–Crippen MR) is 163 cm³/mol. The van der Waals surface area contributed by atoms with Gasteiger partial charge in [0.2, 0.25) is 10.3 Å². The lowest BCUT2D eigenvalue weighted by Gasteiger charge is -2.30. The van der Waals surface area contributed by atoms with Crippen molar-refractivity contribution < 1.29 is 26.7 Å². The summed E-state index contributed by atoms with van der Waals surface area (Å²) >= 11 is 6.48. The maximum Gasteiger partial charge on any atom is 0.214 e. The first-order chi connectivity index (χ1) is 20.6. The van der Waals surface area contributed by atoms with Gasteiger partial charge in [-0.05, 0) is 54.0 Å². The third-order valence-corrected chi connectivity index (χ3v) is 8.44. The molecule has 2 N–H and O–H groups in total. The van der Waals surface area contributed by atoms with Gasteiger partial charge in [-0.3, -0.25) is 0 Å². The van der Waals surface area contributed by atoms with E-state index in [1.165, 1.54) is 30.8 Å². The lowest BCUT2D eigenvalue weighted by atomic mass is 9.89. The average molecular weight is 627 g/mol. The molecule has 4 aromatic rings. The summed E-state index contributed by atoms with van der Waals surface area (Å²) in [7, 11) is -2.34. The molecule has 0 saturated heterocycles. The van der Waals surface area contributed by atoms with Gasteiger partial charge in [-0.2, -0.15) is 8.42 Å². The Morgan fingerprint density at radius 3 is 2.67 bits per heavy atom. The summed E-state index contributed by atoms with van der Waals surface area (Å²) in [6.45, 7) is 4.03. The second-order valence-corrected chi connectivity index (χ2v) is 11.8. The summed E-state index contributed by atoms with van der Waals surface area (Å²) in [5.74, 6) is -0.184. The van der Waals surface area contributed by atoms with Crippen LogP contribution in [0.1, 0.15) is 31.4 Å². The van der Waals surface area contributed by atoms with E-state index in [1.807, 2.05) is 0 Å². The van der Waals surface area contributed by atoms with E-state index in [9.17, 15) is 12.8 Å². The van der Waals surface area contributed by atoms with E-state index in [4.69, 9.17) is 21.1 Å². The van der Waals surface area contributed by atoms with Crippen LogP contribution in [-0.2, 0) is 27.2 Å². The molecule has 1 aromatic heterocycles. The van der Waals surface area contributed by atoms with Gasteiger partial charge in [0.05, 0.1) is 21.7 Å². The van der Waals surface area contributed by atoms with Crippen molar-refractivity contribution in [3.63, 3.8) is 0 Å². The Bertz CT molecular complexity index is 1820. The smallest absolute Gasteiger partial charge is 0.214 e.